The highest BCUT2D eigenvalue weighted by atomic mass is 79.9. The summed E-state index contributed by atoms with van der Waals surface area (Å²) in [6, 6.07) is 5.31. The van der Waals surface area contributed by atoms with Crippen LogP contribution in [0.1, 0.15) is 43.8 Å². The molecule has 0 atom stereocenters. The second-order valence-corrected chi connectivity index (χ2v) is 8.27. The molecule has 1 amide bonds. The van der Waals surface area contributed by atoms with Crippen molar-refractivity contribution >= 4 is 50.9 Å². The van der Waals surface area contributed by atoms with Gasteiger partial charge in [0.25, 0.3) is 0 Å². The Hall–Kier alpha value is -1.25. The van der Waals surface area contributed by atoms with Crippen LogP contribution in [0.4, 0.5) is 5.69 Å². The van der Waals surface area contributed by atoms with Crippen molar-refractivity contribution in [3.8, 4) is 0 Å². The fraction of sp³-hybridized carbons (Fsp3) is 0.438. The van der Waals surface area contributed by atoms with Crippen molar-refractivity contribution in [2.45, 2.75) is 43.2 Å². The normalized spacial score (nSPS) is 15.3. The molecule has 1 saturated carbocycles. The molecule has 0 spiro atoms. The minimum absolute atomic E-state index is 0.170. The van der Waals surface area contributed by atoms with E-state index in [2.05, 4.69) is 31.4 Å². The number of hydrogen-bond acceptors (Lipinski definition) is 5. The molecule has 6 nitrogen and oxygen atoms in total. The maximum atomic E-state index is 12.1. The maximum Gasteiger partial charge on any atom is 0.234 e. The Labute approximate surface area is 164 Å². The SMILES string of the molecule is Nn1c(SCC(=O)Nc2ccc(Br)cc2Cl)nnc1C1CCCCC1. The predicted molar refractivity (Wildman–Crippen MR) is 105 cm³/mol. The summed E-state index contributed by atoms with van der Waals surface area (Å²) in [7, 11) is 0. The fourth-order valence-electron chi connectivity index (χ4n) is 2.93. The largest absolute Gasteiger partial charge is 0.336 e. The van der Waals surface area contributed by atoms with Crippen LogP contribution in [0.3, 0.4) is 0 Å². The zero-order valence-electron chi connectivity index (χ0n) is 13.5. The number of carbonyl (C=O) groups is 1. The van der Waals surface area contributed by atoms with Gasteiger partial charge in [-0.15, -0.1) is 10.2 Å². The lowest BCUT2D eigenvalue weighted by Gasteiger charge is -2.20. The van der Waals surface area contributed by atoms with Crippen molar-refractivity contribution in [1.29, 1.82) is 0 Å². The van der Waals surface area contributed by atoms with Gasteiger partial charge in [-0.3, -0.25) is 4.79 Å². The lowest BCUT2D eigenvalue weighted by Crippen LogP contribution is -2.19. The molecule has 0 radical (unpaired) electrons. The Morgan fingerprint density at radius 3 is 2.84 bits per heavy atom. The molecule has 1 fully saturated rings. The third-order valence-corrected chi connectivity index (χ3v) is 5.95. The molecule has 1 aliphatic carbocycles. The minimum Gasteiger partial charge on any atom is -0.336 e. The summed E-state index contributed by atoms with van der Waals surface area (Å²) in [5.74, 6) is 7.33. The van der Waals surface area contributed by atoms with Crippen LogP contribution in [0, 0.1) is 0 Å². The Balaban J connectivity index is 1.58. The first-order chi connectivity index (χ1) is 12.0. The van der Waals surface area contributed by atoms with E-state index < -0.39 is 0 Å². The van der Waals surface area contributed by atoms with Crippen LogP contribution < -0.4 is 11.2 Å². The van der Waals surface area contributed by atoms with E-state index >= 15 is 0 Å². The number of nitrogens with two attached hydrogens (primary N) is 1. The molecule has 3 rings (SSSR count). The molecule has 0 saturated heterocycles. The van der Waals surface area contributed by atoms with Gasteiger partial charge in [-0.05, 0) is 31.0 Å². The third-order valence-electron chi connectivity index (χ3n) is 4.20. The summed E-state index contributed by atoms with van der Waals surface area (Å²) >= 11 is 10.7. The first-order valence-corrected chi connectivity index (χ1v) is 10.3. The monoisotopic (exact) mass is 443 g/mol. The molecule has 25 heavy (non-hydrogen) atoms. The average Bonchev–Trinajstić information content (AvgIpc) is 2.97. The number of halogens is 2. The molecular weight excluding hydrogens is 426 g/mol. The van der Waals surface area contributed by atoms with Gasteiger partial charge < -0.3 is 11.2 Å². The van der Waals surface area contributed by atoms with Gasteiger partial charge in [0.15, 0.2) is 5.82 Å². The smallest absolute Gasteiger partial charge is 0.234 e. The van der Waals surface area contributed by atoms with Gasteiger partial charge in [-0.1, -0.05) is 58.6 Å². The molecule has 134 valence electrons. The molecular formula is C16H19BrClN5OS. The molecule has 1 aromatic carbocycles. The minimum atomic E-state index is -0.170. The molecule has 1 aliphatic rings. The number of nitrogen functional groups attached to an aromatic ring is 1. The van der Waals surface area contributed by atoms with Gasteiger partial charge >= 0.3 is 0 Å². The van der Waals surface area contributed by atoms with Crippen LogP contribution in [-0.2, 0) is 4.79 Å². The van der Waals surface area contributed by atoms with Crippen LogP contribution in [-0.4, -0.2) is 26.5 Å². The molecule has 3 N–H and O–H groups in total. The van der Waals surface area contributed by atoms with Gasteiger partial charge in [0.1, 0.15) is 0 Å². The Morgan fingerprint density at radius 2 is 2.12 bits per heavy atom. The number of carbonyl (C=O) groups excluding carboxylic acids is 1. The second kappa shape index (κ2) is 8.42. The molecule has 1 heterocycles. The van der Waals surface area contributed by atoms with Gasteiger partial charge in [0.05, 0.1) is 16.5 Å². The van der Waals surface area contributed by atoms with Crippen molar-refractivity contribution in [3.63, 3.8) is 0 Å². The zero-order chi connectivity index (χ0) is 17.8. The lowest BCUT2D eigenvalue weighted by atomic mass is 9.89. The van der Waals surface area contributed by atoms with E-state index in [1.54, 1.807) is 12.1 Å². The molecule has 0 aliphatic heterocycles. The van der Waals surface area contributed by atoms with Crippen LogP contribution in [0.15, 0.2) is 27.8 Å². The lowest BCUT2D eigenvalue weighted by molar-refractivity contribution is -0.113. The van der Waals surface area contributed by atoms with E-state index in [4.69, 9.17) is 17.4 Å². The highest BCUT2D eigenvalue weighted by Gasteiger charge is 2.22. The highest BCUT2D eigenvalue weighted by Crippen LogP contribution is 2.32. The van der Waals surface area contributed by atoms with E-state index in [1.165, 1.54) is 35.7 Å². The van der Waals surface area contributed by atoms with E-state index in [-0.39, 0.29) is 11.7 Å². The van der Waals surface area contributed by atoms with Crippen LogP contribution >= 0.6 is 39.3 Å². The molecule has 1 aromatic heterocycles. The van der Waals surface area contributed by atoms with Crippen molar-refractivity contribution in [2.75, 3.05) is 16.9 Å². The second-order valence-electron chi connectivity index (χ2n) is 6.01. The number of amides is 1. The number of thioether (sulfide) groups is 1. The van der Waals surface area contributed by atoms with Gasteiger partial charge in [-0.25, -0.2) is 4.68 Å². The van der Waals surface area contributed by atoms with Crippen molar-refractivity contribution in [1.82, 2.24) is 14.9 Å². The summed E-state index contributed by atoms with van der Waals surface area (Å²) in [4.78, 5) is 12.1. The summed E-state index contributed by atoms with van der Waals surface area (Å²) in [5, 5.41) is 12.2. The van der Waals surface area contributed by atoms with E-state index in [0.717, 1.165) is 23.1 Å². The first kappa shape index (κ1) is 18.5. The molecule has 9 heteroatoms. The van der Waals surface area contributed by atoms with E-state index in [9.17, 15) is 4.79 Å². The number of hydrogen-bond donors (Lipinski definition) is 2. The van der Waals surface area contributed by atoms with Crippen molar-refractivity contribution in [2.24, 2.45) is 0 Å². The maximum absolute atomic E-state index is 12.1. The Morgan fingerprint density at radius 1 is 1.36 bits per heavy atom. The Kier molecular flexibility index (Phi) is 6.24. The number of aromatic nitrogens is 3. The van der Waals surface area contributed by atoms with Crippen LogP contribution in [0.2, 0.25) is 5.02 Å². The Bertz CT molecular complexity index is 763. The van der Waals surface area contributed by atoms with Gasteiger partial charge in [-0.2, -0.15) is 0 Å². The highest BCUT2D eigenvalue weighted by molar-refractivity contribution is 9.10. The van der Waals surface area contributed by atoms with Crippen molar-refractivity contribution < 1.29 is 4.79 Å². The van der Waals surface area contributed by atoms with Gasteiger partial charge in [0, 0.05) is 10.4 Å². The summed E-state index contributed by atoms with van der Waals surface area (Å²) in [5.41, 5.74) is 0.576. The third kappa shape index (κ3) is 4.68. The fourth-order valence-corrected chi connectivity index (χ4v) is 4.32. The average molecular weight is 445 g/mol. The number of rotatable bonds is 5. The van der Waals surface area contributed by atoms with E-state index in [0.29, 0.717) is 21.8 Å². The van der Waals surface area contributed by atoms with E-state index in [1.807, 2.05) is 6.07 Å². The number of nitrogens with zero attached hydrogens (tertiary/aromatic N) is 3. The van der Waals surface area contributed by atoms with Crippen LogP contribution in [0.5, 0.6) is 0 Å². The zero-order valence-corrected chi connectivity index (χ0v) is 16.7. The van der Waals surface area contributed by atoms with Crippen LogP contribution in [0.25, 0.3) is 0 Å². The topological polar surface area (TPSA) is 85.8 Å². The molecule has 2 aromatic rings. The first-order valence-electron chi connectivity index (χ1n) is 8.12. The summed E-state index contributed by atoms with van der Waals surface area (Å²) in [6.07, 6.45) is 5.88. The standard InChI is InChI=1S/C16H19BrClN5OS/c17-11-6-7-13(12(18)8-11)20-14(24)9-25-16-22-21-15(23(16)19)10-4-2-1-3-5-10/h6-8,10H,1-5,9,19H2,(H,20,24). The molecule has 0 bridgehead atoms. The number of anilines is 1. The predicted octanol–water partition coefficient (Wildman–Crippen LogP) is 4.19. The quantitative estimate of drug-likeness (QED) is 0.533. The van der Waals surface area contributed by atoms with Gasteiger partial charge in [0.2, 0.25) is 11.1 Å². The molecule has 0 unspecified atom stereocenters. The van der Waals surface area contributed by atoms with Crippen molar-refractivity contribution in [3.05, 3.63) is 33.5 Å². The summed E-state index contributed by atoms with van der Waals surface area (Å²) in [6.45, 7) is 0. The number of benzene rings is 1. The number of nitrogens with one attached hydrogen (secondary N) is 1. The summed E-state index contributed by atoms with van der Waals surface area (Å²) < 4.78 is 2.39.